The topological polar surface area (TPSA) is 44.1 Å². The molecule has 0 aliphatic rings. The molecule has 0 fully saturated rings. The molecule has 2 aromatic rings. The van der Waals surface area contributed by atoms with Crippen LogP contribution in [0.2, 0.25) is 0 Å². The van der Waals surface area contributed by atoms with Crippen LogP contribution in [0.1, 0.15) is 0 Å². The van der Waals surface area contributed by atoms with Gasteiger partial charge in [-0.3, -0.25) is 0 Å². The van der Waals surface area contributed by atoms with Crippen LogP contribution in [-0.4, -0.2) is 13.8 Å². The number of benzene rings is 1. The maximum Gasteiger partial charge on any atom is 0.311 e. The van der Waals surface area contributed by atoms with Gasteiger partial charge in [-0.05, 0) is 12.1 Å². The summed E-state index contributed by atoms with van der Waals surface area (Å²) in [6.45, 7) is 0. The van der Waals surface area contributed by atoms with Gasteiger partial charge in [0.05, 0.1) is 4.90 Å². The van der Waals surface area contributed by atoms with E-state index in [4.69, 9.17) is 15.4 Å². The van der Waals surface area contributed by atoms with Crippen LogP contribution < -0.4 is 4.18 Å². The van der Waals surface area contributed by atoms with E-state index in [1.807, 2.05) is 6.07 Å². The van der Waals surface area contributed by atoms with E-state index in [1.54, 1.807) is 48.3 Å². The average Bonchev–Trinajstić information content (AvgIpc) is 2.65. The molecule has 0 aliphatic heterocycles. The average molecular weight is 254 g/mol. The highest BCUT2D eigenvalue weighted by Crippen LogP contribution is 2.15. The summed E-state index contributed by atoms with van der Waals surface area (Å²) in [7, 11) is -1.21. The van der Waals surface area contributed by atoms with Gasteiger partial charge in [-0.15, -0.1) is 0 Å². The lowest BCUT2D eigenvalue weighted by molar-refractivity contribution is 0.505. The Labute approximate surface area is 98.8 Å². The van der Waals surface area contributed by atoms with Gasteiger partial charge in [0.15, 0.2) is 0 Å². The number of aromatic nitrogens is 2. The van der Waals surface area contributed by atoms with Crippen LogP contribution in [0, 0.1) is 0 Å². The second-order valence-electron chi connectivity index (χ2n) is 3.17. The summed E-state index contributed by atoms with van der Waals surface area (Å²) in [6, 6.07) is 8.97. The Morgan fingerprint density at radius 2 is 2.06 bits per heavy atom. The minimum Gasteiger partial charge on any atom is -0.360 e. The summed E-state index contributed by atoms with van der Waals surface area (Å²) in [5.41, 5.74) is 0. The van der Waals surface area contributed by atoms with Crippen LogP contribution in [0.4, 0.5) is 0 Å². The van der Waals surface area contributed by atoms with E-state index in [0.29, 0.717) is 4.90 Å². The van der Waals surface area contributed by atoms with Crippen molar-refractivity contribution in [1.82, 2.24) is 9.55 Å². The molecule has 0 saturated carbocycles. The molecule has 84 valence electrons. The zero-order chi connectivity index (χ0) is 11.6. The van der Waals surface area contributed by atoms with Crippen LogP contribution in [-0.2, 0) is 27.0 Å². The molecule has 16 heavy (non-hydrogen) atoms. The van der Waals surface area contributed by atoms with Crippen molar-refractivity contribution in [1.29, 1.82) is 0 Å². The first kappa shape index (κ1) is 11.1. The molecule has 1 aromatic carbocycles. The summed E-state index contributed by atoms with van der Waals surface area (Å²) in [5, 5.41) is 0. The normalized spacial score (nSPS) is 14.3. The Balaban J connectivity index is 2.32. The lowest BCUT2D eigenvalue weighted by atomic mass is 10.4. The van der Waals surface area contributed by atoms with Crippen molar-refractivity contribution in [3.05, 3.63) is 42.7 Å². The molecule has 0 amide bonds. The van der Waals surface area contributed by atoms with Crippen molar-refractivity contribution < 1.29 is 8.39 Å². The predicted octanol–water partition coefficient (Wildman–Crippen LogP) is 1.52. The highest BCUT2D eigenvalue weighted by atomic mass is 32.8. The highest BCUT2D eigenvalue weighted by Gasteiger charge is 2.14. The zero-order valence-corrected chi connectivity index (χ0v) is 10.2. The molecule has 0 spiro atoms. The van der Waals surface area contributed by atoms with Gasteiger partial charge in [-0.1, -0.05) is 18.2 Å². The standard InChI is InChI=1S/C10H10N2O2S2/c1-12-8-7-11-10(12)14-16(13,15)9-5-3-2-4-6-9/h2-8H,1H3. The van der Waals surface area contributed by atoms with Gasteiger partial charge in [0.1, 0.15) is 0 Å². The fourth-order valence-corrected chi connectivity index (χ4v) is 2.63. The van der Waals surface area contributed by atoms with Crippen molar-refractivity contribution in [2.75, 3.05) is 0 Å². The van der Waals surface area contributed by atoms with Gasteiger partial charge in [0.25, 0.3) is 0 Å². The Bertz CT molecular complexity index is 576. The number of imidazole rings is 1. The Morgan fingerprint density at radius 3 is 2.62 bits per heavy atom. The molecule has 0 bridgehead atoms. The number of aryl methyl sites for hydroxylation is 1. The monoisotopic (exact) mass is 254 g/mol. The first-order chi connectivity index (χ1) is 7.59. The van der Waals surface area contributed by atoms with E-state index >= 15 is 0 Å². The second kappa shape index (κ2) is 4.23. The third kappa shape index (κ3) is 2.23. The van der Waals surface area contributed by atoms with Gasteiger partial charge in [-0.25, -0.2) is 9.19 Å². The van der Waals surface area contributed by atoms with Gasteiger partial charge in [-0.2, -0.15) is 0 Å². The maximum atomic E-state index is 12.1. The number of nitrogens with zero attached hydrogens (tertiary/aromatic N) is 2. The van der Waals surface area contributed by atoms with E-state index in [1.165, 1.54) is 0 Å². The van der Waals surface area contributed by atoms with Gasteiger partial charge in [0, 0.05) is 30.6 Å². The summed E-state index contributed by atoms with van der Waals surface area (Å²) < 4.78 is 19.0. The molecule has 4 nitrogen and oxygen atoms in total. The summed E-state index contributed by atoms with van der Waals surface area (Å²) in [6.07, 6.45) is 3.26. The quantitative estimate of drug-likeness (QED) is 0.833. The largest absolute Gasteiger partial charge is 0.360 e. The molecule has 2 rings (SSSR count). The van der Waals surface area contributed by atoms with Crippen LogP contribution >= 0.6 is 0 Å². The lowest BCUT2D eigenvalue weighted by Crippen LogP contribution is -2.10. The fraction of sp³-hybridized carbons (Fsp3) is 0.100. The van der Waals surface area contributed by atoms with Crippen molar-refractivity contribution in [2.24, 2.45) is 7.05 Å². The fourth-order valence-electron chi connectivity index (χ4n) is 1.17. The molecule has 6 heteroatoms. The molecule has 1 aromatic heterocycles. The third-order valence-electron chi connectivity index (χ3n) is 1.99. The number of hydrogen-bond donors (Lipinski definition) is 0. The van der Waals surface area contributed by atoms with E-state index in [2.05, 4.69) is 4.98 Å². The predicted molar refractivity (Wildman–Crippen MR) is 64.1 cm³/mol. The molecular weight excluding hydrogens is 244 g/mol. The Kier molecular flexibility index (Phi) is 2.93. The van der Waals surface area contributed by atoms with Gasteiger partial charge >= 0.3 is 6.01 Å². The van der Waals surface area contributed by atoms with Crippen molar-refractivity contribution in [2.45, 2.75) is 4.90 Å². The molecule has 0 saturated heterocycles. The molecule has 1 atom stereocenters. The number of rotatable bonds is 3. The van der Waals surface area contributed by atoms with E-state index < -0.39 is 8.77 Å². The van der Waals surface area contributed by atoms with Crippen molar-refractivity contribution in [3.8, 4) is 6.01 Å². The van der Waals surface area contributed by atoms with Crippen LogP contribution in [0.25, 0.3) is 0 Å². The molecule has 1 heterocycles. The zero-order valence-electron chi connectivity index (χ0n) is 8.57. The second-order valence-corrected chi connectivity index (χ2v) is 6.03. The van der Waals surface area contributed by atoms with Crippen LogP contribution in [0.3, 0.4) is 0 Å². The Hall–Kier alpha value is -1.40. The first-order valence-electron chi connectivity index (χ1n) is 4.56. The molecule has 0 aliphatic carbocycles. The van der Waals surface area contributed by atoms with Gasteiger partial charge < -0.3 is 8.75 Å². The SMILES string of the molecule is Cn1ccnc1OS(=O)(=S)c1ccccc1. The first-order valence-corrected chi connectivity index (χ1v) is 6.97. The summed E-state index contributed by atoms with van der Waals surface area (Å²) in [5.74, 6) is 0. The highest BCUT2D eigenvalue weighted by molar-refractivity contribution is 8.30. The molecule has 0 N–H and O–H groups in total. The van der Waals surface area contributed by atoms with E-state index in [9.17, 15) is 4.21 Å². The lowest BCUT2D eigenvalue weighted by Gasteiger charge is -2.08. The number of hydrogen-bond acceptors (Lipinski definition) is 4. The molecular formula is C10H10N2O2S2. The van der Waals surface area contributed by atoms with Gasteiger partial charge in [0.2, 0.25) is 8.77 Å². The Morgan fingerprint density at radius 1 is 1.38 bits per heavy atom. The third-order valence-corrected chi connectivity index (χ3v) is 3.99. The maximum absolute atomic E-state index is 12.1. The minimum atomic E-state index is -2.96. The van der Waals surface area contributed by atoms with E-state index in [0.717, 1.165) is 0 Å². The van der Waals surface area contributed by atoms with Crippen LogP contribution in [0.5, 0.6) is 6.01 Å². The summed E-state index contributed by atoms with van der Waals surface area (Å²) in [4.78, 5) is 4.40. The van der Waals surface area contributed by atoms with Crippen molar-refractivity contribution in [3.63, 3.8) is 0 Å². The molecule has 0 radical (unpaired) electrons. The summed E-state index contributed by atoms with van der Waals surface area (Å²) >= 11 is 4.97. The molecule has 1 unspecified atom stereocenters. The van der Waals surface area contributed by atoms with Crippen LogP contribution in [0.15, 0.2) is 47.6 Å². The minimum absolute atomic E-state index is 0.254. The van der Waals surface area contributed by atoms with Crippen molar-refractivity contribution >= 4 is 20.0 Å². The van der Waals surface area contributed by atoms with E-state index in [-0.39, 0.29) is 6.01 Å². The smallest absolute Gasteiger partial charge is 0.311 e.